The van der Waals surface area contributed by atoms with Crippen LogP contribution in [0.25, 0.3) is 11.3 Å². The highest BCUT2D eigenvalue weighted by Crippen LogP contribution is 2.29. The SMILES string of the molecule is C[C@H](Cn1cncc1-c1cnn(C2CCCCC2)c1)N1CCCCC1. The summed E-state index contributed by atoms with van der Waals surface area (Å²) in [6.07, 6.45) is 18.9. The van der Waals surface area contributed by atoms with Gasteiger partial charge in [-0.3, -0.25) is 9.58 Å². The molecule has 1 atom stereocenters. The first-order valence-electron chi connectivity index (χ1n) is 10.1. The Bertz CT molecular complexity index is 661. The molecule has 0 radical (unpaired) electrons. The largest absolute Gasteiger partial charge is 0.329 e. The number of hydrogen-bond acceptors (Lipinski definition) is 3. The lowest BCUT2D eigenvalue weighted by Gasteiger charge is -2.32. The van der Waals surface area contributed by atoms with Gasteiger partial charge < -0.3 is 4.57 Å². The Labute approximate surface area is 151 Å². The molecule has 0 bridgehead atoms. The van der Waals surface area contributed by atoms with Gasteiger partial charge in [-0.25, -0.2) is 4.98 Å². The summed E-state index contributed by atoms with van der Waals surface area (Å²) in [6, 6.07) is 1.15. The van der Waals surface area contributed by atoms with Gasteiger partial charge in [-0.05, 0) is 45.7 Å². The first-order chi connectivity index (χ1) is 12.3. The molecule has 3 heterocycles. The summed E-state index contributed by atoms with van der Waals surface area (Å²) in [6.45, 7) is 5.83. The number of rotatable bonds is 5. The molecule has 0 N–H and O–H groups in total. The van der Waals surface area contributed by atoms with Gasteiger partial charge in [-0.2, -0.15) is 5.10 Å². The molecular formula is C20H31N5. The molecule has 0 amide bonds. The molecule has 2 aromatic rings. The third-order valence-corrected chi connectivity index (χ3v) is 6.03. The molecule has 0 aromatic carbocycles. The molecule has 1 aliphatic carbocycles. The zero-order chi connectivity index (χ0) is 17.1. The second-order valence-electron chi connectivity index (χ2n) is 7.88. The summed E-state index contributed by atoms with van der Waals surface area (Å²) in [5, 5.41) is 4.67. The standard InChI is InChI=1S/C20H31N5/c1-17(23-10-6-3-7-11-23)14-24-16-21-13-20(24)18-12-22-25(15-18)19-8-4-2-5-9-19/h12-13,15-17,19H,2-11,14H2,1H3/t17-/m1/s1. The van der Waals surface area contributed by atoms with Crippen molar-refractivity contribution in [2.75, 3.05) is 13.1 Å². The van der Waals surface area contributed by atoms with Crippen LogP contribution in [0, 0.1) is 0 Å². The van der Waals surface area contributed by atoms with Crippen molar-refractivity contribution in [3.63, 3.8) is 0 Å². The average Bonchev–Trinajstić information content (AvgIpc) is 3.32. The zero-order valence-electron chi connectivity index (χ0n) is 15.5. The van der Waals surface area contributed by atoms with E-state index in [9.17, 15) is 0 Å². The van der Waals surface area contributed by atoms with E-state index in [0.717, 1.165) is 6.54 Å². The van der Waals surface area contributed by atoms with Crippen molar-refractivity contribution in [3.8, 4) is 11.3 Å². The van der Waals surface area contributed by atoms with Crippen LogP contribution in [0.15, 0.2) is 24.9 Å². The van der Waals surface area contributed by atoms with Crippen molar-refractivity contribution in [2.24, 2.45) is 0 Å². The molecule has 4 rings (SSSR count). The Morgan fingerprint density at radius 2 is 1.80 bits per heavy atom. The van der Waals surface area contributed by atoms with Crippen LogP contribution in [0.1, 0.15) is 64.3 Å². The van der Waals surface area contributed by atoms with Gasteiger partial charge in [-0.1, -0.05) is 25.7 Å². The fourth-order valence-electron chi connectivity index (χ4n) is 4.48. The molecule has 2 aliphatic rings. The molecule has 1 saturated heterocycles. The number of piperidine rings is 1. The Morgan fingerprint density at radius 1 is 1.04 bits per heavy atom. The fraction of sp³-hybridized carbons (Fsp3) is 0.700. The Hall–Kier alpha value is -1.62. The molecule has 0 spiro atoms. The summed E-state index contributed by atoms with van der Waals surface area (Å²) in [4.78, 5) is 7.05. The summed E-state index contributed by atoms with van der Waals surface area (Å²) in [5.41, 5.74) is 2.40. The number of aromatic nitrogens is 4. The highest BCUT2D eigenvalue weighted by atomic mass is 15.3. The lowest BCUT2D eigenvalue weighted by atomic mass is 9.96. The number of likely N-dealkylation sites (tertiary alicyclic amines) is 1. The van der Waals surface area contributed by atoms with Crippen molar-refractivity contribution >= 4 is 0 Å². The van der Waals surface area contributed by atoms with Crippen molar-refractivity contribution < 1.29 is 0 Å². The maximum atomic E-state index is 4.67. The average molecular weight is 342 g/mol. The molecule has 1 aliphatic heterocycles. The quantitative estimate of drug-likeness (QED) is 0.821. The lowest BCUT2D eigenvalue weighted by molar-refractivity contribution is 0.160. The molecular weight excluding hydrogens is 310 g/mol. The Kier molecular flexibility index (Phi) is 5.20. The molecule has 25 heavy (non-hydrogen) atoms. The molecule has 2 aromatic heterocycles. The normalized spacial score (nSPS) is 21.5. The van der Waals surface area contributed by atoms with Crippen molar-refractivity contribution in [1.29, 1.82) is 0 Å². The van der Waals surface area contributed by atoms with E-state index in [1.54, 1.807) is 0 Å². The van der Waals surface area contributed by atoms with E-state index in [2.05, 4.69) is 37.4 Å². The van der Waals surface area contributed by atoms with E-state index in [4.69, 9.17) is 0 Å². The van der Waals surface area contributed by atoms with E-state index in [1.807, 2.05) is 18.7 Å². The van der Waals surface area contributed by atoms with Crippen LogP contribution >= 0.6 is 0 Å². The van der Waals surface area contributed by atoms with Crippen LogP contribution in [-0.2, 0) is 6.54 Å². The van der Waals surface area contributed by atoms with Crippen LogP contribution < -0.4 is 0 Å². The maximum Gasteiger partial charge on any atom is 0.0951 e. The minimum atomic E-state index is 0.557. The van der Waals surface area contributed by atoms with Crippen LogP contribution in [0.5, 0.6) is 0 Å². The van der Waals surface area contributed by atoms with Gasteiger partial charge in [0.1, 0.15) is 0 Å². The van der Waals surface area contributed by atoms with Gasteiger partial charge in [-0.15, -0.1) is 0 Å². The van der Waals surface area contributed by atoms with Crippen molar-refractivity contribution in [1.82, 2.24) is 24.2 Å². The first kappa shape index (κ1) is 16.8. The minimum Gasteiger partial charge on any atom is -0.329 e. The van der Waals surface area contributed by atoms with Gasteiger partial charge in [0.25, 0.3) is 0 Å². The van der Waals surface area contributed by atoms with Crippen molar-refractivity contribution in [2.45, 2.75) is 76.9 Å². The van der Waals surface area contributed by atoms with Crippen LogP contribution in [0.3, 0.4) is 0 Å². The van der Waals surface area contributed by atoms with E-state index in [0.29, 0.717) is 12.1 Å². The summed E-state index contributed by atoms with van der Waals surface area (Å²) >= 11 is 0. The van der Waals surface area contributed by atoms with E-state index in [-0.39, 0.29) is 0 Å². The number of hydrogen-bond donors (Lipinski definition) is 0. The van der Waals surface area contributed by atoms with Gasteiger partial charge >= 0.3 is 0 Å². The topological polar surface area (TPSA) is 38.9 Å². The zero-order valence-corrected chi connectivity index (χ0v) is 15.5. The van der Waals surface area contributed by atoms with E-state index >= 15 is 0 Å². The highest BCUT2D eigenvalue weighted by molar-refractivity contribution is 5.56. The Morgan fingerprint density at radius 3 is 2.60 bits per heavy atom. The van der Waals surface area contributed by atoms with Gasteiger partial charge in [0.05, 0.1) is 30.5 Å². The molecule has 1 saturated carbocycles. The molecule has 136 valence electrons. The second kappa shape index (κ2) is 7.73. The minimum absolute atomic E-state index is 0.557. The van der Waals surface area contributed by atoms with Crippen LogP contribution in [-0.4, -0.2) is 43.4 Å². The fourth-order valence-corrected chi connectivity index (χ4v) is 4.48. The third kappa shape index (κ3) is 3.81. The van der Waals surface area contributed by atoms with Gasteiger partial charge in [0.15, 0.2) is 0 Å². The summed E-state index contributed by atoms with van der Waals surface area (Å²) in [5.74, 6) is 0. The van der Waals surface area contributed by atoms with E-state index < -0.39 is 0 Å². The highest BCUT2D eigenvalue weighted by Gasteiger charge is 2.20. The third-order valence-electron chi connectivity index (χ3n) is 6.03. The number of imidazole rings is 1. The Balaban J connectivity index is 1.46. The maximum absolute atomic E-state index is 4.67. The molecule has 5 heteroatoms. The first-order valence-corrected chi connectivity index (χ1v) is 10.1. The smallest absolute Gasteiger partial charge is 0.0951 e. The van der Waals surface area contributed by atoms with Gasteiger partial charge in [0, 0.05) is 24.3 Å². The molecule has 5 nitrogen and oxygen atoms in total. The van der Waals surface area contributed by atoms with Crippen LogP contribution in [0.4, 0.5) is 0 Å². The summed E-state index contributed by atoms with van der Waals surface area (Å²) < 4.78 is 4.50. The summed E-state index contributed by atoms with van der Waals surface area (Å²) in [7, 11) is 0. The molecule has 0 unspecified atom stereocenters. The predicted molar refractivity (Wildman–Crippen MR) is 100 cm³/mol. The number of nitrogens with zero attached hydrogens (tertiary/aromatic N) is 5. The predicted octanol–water partition coefficient (Wildman–Crippen LogP) is 4.13. The van der Waals surface area contributed by atoms with Crippen molar-refractivity contribution in [3.05, 3.63) is 24.9 Å². The second-order valence-corrected chi connectivity index (χ2v) is 7.88. The van der Waals surface area contributed by atoms with Crippen LogP contribution in [0.2, 0.25) is 0 Å². The molecule has 2 fully saturated rings. The van der Waals surface area contributed by atoms with E-state index in [1.165, 1.54) is 75.7 Å². The monoisotopic (exact) mass is 341 g/mol. The van der Waals surface area contributed by atoms with Gasteiger partial charge in [0.2, 0.25) is 0 Å². The lowest BCUT2D eigenvalue weighted by Crippen LogP contribution is -2.39.